The van der Waals surface area contributed by atoms with Crippen LogP contribution in [0.1, 0.15) is 66.6 Å². The number of halogens is 1. The fraction of sp³-hybridized carbons (Fsp3) is 0.265. The number of nitrogens with zero attached hydrogens (tertiary/aromatic N) is 1. The number of allylic oxidation sites excluding steroid dienone is 1. The summed E-state index contributed by atoms with van der Waals surface area (Å²) in [4.78, 5) is 24.0. The summed E-state index contributed by atoms with van der Waals surface area (Å²) >= 11 is 0. The number of hydrogen-bond donors (Lipinski definition) is 0. The Morgan fingerprint density at radius 2 is 1.49 bits per heavy atom. The molecule has 0 unspecified atom stereocenters. The zero-order chi connectivity index (χ0) is 29.5. The molecular formula is C34H32FNO5. The lowest BCUT2D eigenvalue weighted by atomic mass is 10.1. The highest BCUT2D eigenvalue weighted by molar-refractivity contribution is 5.91. The van der Waals surface area contributed by atoms with E-state index in [1.807, 2.05) is 26.0 Å². The Morgan fingerprint density at radius 3 is 2.15 bits per heavy atom. The first-order chi connectivity index (χ1) is 19.8. The molecular weight excluding hydrogens is 521 g/mol. The van der Waals surface area contributed by atoms with Crippen LogP contribution in [0, 0.1) is 34.9 Å². The van der Waals surface area contributed by atoms with E-state index in [1.54, 1.807) is 54.6 Å². The second kappa shape index (κ2) is 16.3. The molecule has 0 amide bonds. The predicted octanol–water partition coefficient (Wildman–Crippen LogP) is 7.01. The van der Waals surface area contributed by atoms with Gasteiger partial charge >= 0.3 is 11.9 Å². The first kappa shape index (κ1) is 30.7. The topological polar surface area (TPSA) is 85.6 Å². The van der Waals surface area contributed by atoms with Crippen molar-refractivity contribution < 1.29 is 28.2 Å². The molecule has 0 N–H and O–H groups in total. The summed E-state index contributed by atoms with van der Waals surface area (Å²) in [6, 6.07) is 19.4. The second-order valence-corrected chi connectivity index (χ2v) is 9.53. The number of carbonyl (C=O) groups excluding carboxylic acids is 2. The summed E-state index contributed by atoms with van der Waals surface area (Å²) in [5.74, 6) is 4.80. The van der Waals surface area contributed by atoms with Crippen LogP contribution in [0.3, 0.4) is 0 Å². The molecule has 0 aromatic heterocycles. The minimum absolute atomic E-state index is 0.193. The molecule has 210 valence electrons. The van der Waals surface area contributed by atoms with Crippen LogP contribution in [-0.4, -0.2) is 25.2 Å². The fourth-order valence-electron chi connectivity index (χ4n) is 3.52. The van der Waals surface area contributed by atoms with Gasteiger partial charge in [-0.15, -0.1) is 0 Å². The quantitative estimate of drug-likeness (QED) is 0.0788. The minimum Gasteiger partial charge on any atom is -0.494 e. The van der Waals surface area contributed by atoms with Gasteiger partial charge in [-0.05, 0) is 98.3 Å². The maximum absolute atomic E-state index is 14.6. The van der Waals surface area contributed by atoms with Gasteiger partial charge in [-0.2, -0.15) is 5.26 Å². The molecule has 0 saturated heterocycles. The molecule has 0 bridgehead atoms. The van der Waals surface area contributed by atoms with Crippen molar-refractivity contribution in [3.05, 3.63) is 107 Å². The van der Waals surface area contributed by atoms with E-state index in [0.717, 1.165) is 25.7 Å². The Hall–Kier alpha value is -4.88. The van der Waals surface area contributed by atoms with E-state index in [4.69, 9.17) is 19.5 Å². The molecule has 0 saturated carbocycles. The van der Waals surface area contributed by atoms with Crippen molar-refractivity contribution in [3.8, 4) is 29.4 Å². The first-order valence-corrected chi connectivity index (χ1v) is 13.5. The van der Waals surface area contributed by atoms with Crippen LogP contribution >= 0.6 is 0 Å². The number of benzene rings is 3. The number of hydrogen-bond acceptors (Lipinski definition) is 6. The predicted molar refractivity (Wildman–Crippen MR) is 154 cm³/mol. The lowest BCUT2D eigenvalue weighted by molar-refractivity contribution is -0.137. The summed E-state index contributed by atoms with van der Waals surface area (Å²) in [7, 11) is 0. The van der Waals surface area contributed by atoms with Gasteiger partial charge in [-0.3, -0.25) is 0 Å². The summed E-state index contributed by atoms with van der Waals surface area (Å²) in [6.07, 6.45) is 6.79. The van der Waals surface area contributed by atoms with E-state index in [0.29, 0.717) is 41.6 Å². The maximum atomic E-state index is 14.6. The van der Waals surface area contributed by atoms with Crippen molar-refractivity contribution in [1.82, 2.24) is 0 Å². The lowest BCUT2D eigenvalue weighted by Gasteiger charge is -2.08. The Kier molecular flexibility index (Phi) is 12.2. The molecule has 0 aliphatic heterocycles. The Bertz CT molecular complexity index is 1440. The lowest BCUT2D eigenvalue weighted by Crippen LogP contribution is -2.09. The molecule has 3 rings (SSSR count). The van der Waals surface area contributed by atoms with Gasteiger partial charge in [0.25, 0.3) is 0 Å². The van der Waals surface area contributed by atoms with Crippen molar-refractivity contribution in [1.29, 1.82) is 5.26 Å². The summed E-state index contributed by atoms with van der Waals surface area (Å²) in [6.45, 7) is 4.92. The van der Waals surface area contributed by atoms with Crippen LogP contribution in [0.2, 0.25) is 0 Å². The van der Waals surface area contributed by atoms with Crippen molar-refractivity contribution in [2.24, 2.45) is 5.92 Å². The highest BCUT2D eigenvalue weighted by Gasteiger charge is 2.12. The number of rotatable bonds is 12. The van der Waals surface area contributed by atoms with Gasteiger partial charge in [0.05, 0.1) is 30.4 Å². The van der Waals surface area contributed by atoms with Gasteiger partial charge in [0, 0.05) is 17.2 Å². The van der Waals surface area contributed by atoms with Crippen LogP contribution in [-0.2, 0) is 9.53 Å². The number of nitriles is 1. The highest BCUT2D eigenvalue weighted by Crippen LogP contribution is 2.21. The standard InChI is InChI=1S/C34H32FNO5/c1-25(2)7-20-33(37)40-22-6-4-3-5-21-39-30-17-15-29(16-18-30)34(38)41-32-19-14-27(23-31(32)35)11-8-26-9-12-28(24-36)13-10-26/h7,9-10,12-20,23,25H,3-6,21-22H2,1-2H3. The van der Waals surface area contributed by atoms with Gasteiger partial charge in [0.1, 0.15) is 5.75 Å². The monoisotopic (exact) mass is 553 g/mol. The van der Waals surface area contributed by atoms with E-state index in [2.05, 4.69) is 11.8 Å². The van der Waals surface area contributed by atoms with E-state index in [-0.39, 0.29) is 17.3 Å². The summed E-state index contributed by atoms with van der Waals surface area (Å²) in [5, 5.41) is 8.86. The molecule has 0 aliphatic rings. The molecule has 0 aliphatic carbocycles. The van der Waals surface area contributed by atoms with Crippen LogP contribution in [0.5, 0.6) is 11.5 Å². The third kappa shape index (κ3) is 11.0. The highest BCUT2D eigenvalue weighted by atomic mass is 19.1. The average Bonchev–Trinajstić information content (AvgIpc) is 2.98. The largest absolute Gasteiger partial charge is 0.494 e. The van der Waals surface area contributed by atoms with Crippen molar-refractivity contribution in [2.75, 3.05) is 13.2 Å². The molecule has 0 radical (unpaired) electrons. The molecule has 41 heavy (non-hydrogen) atoms. The summed E-state index contributed by atoms with van der Waals surface area (Å²) < 4.78 is 30.7. The van der Waals surface area contributed by atoms with Gasteiger partial charge in [-0.25, -0.2) is 14.0 Å². The van der Waals surface area contributed by atoms with E-state index in [9.17, 15) is 14.0 Å². The van der Waals surface area contributed by atoms with E-state index in [1.165, 1.54) is 18.2 Å². The normalized spacial score (nSPS) is 10.5. The third-order valence-electron chi connectivity index (χ3n) is 5.76. The SMILES string of the molecule is CC(C)C=CC(=O)OCCCCCCOc1ccc(C(=O)Oc2ccc(C#Cc3ccc(C#N)cc3)cc2F)cc1. The number of ether oxygens (including phenoxy) is 3. The molecule has 0 fully saturated rings. The smallest absolute Gasteiger partial charge is 0.343 e. The summed E-state index contributed by atoms with van der Waals surface area (Å²) in [5.41, 5.74) is 1.91. The minimum atomic E-state index is -0.703. The van der Waals surface area contributed by atoms with Crippen LogP contribution in [0.15, 0.2) is 78.9 Å². The maximum Gasteiger partial charge on any atom is 0.343 e. The number of esters is 2. The molecule has 0 atom stereocenters. The second-order valence-electron chi connectivity index (χ2n) is 9.53. The van der Waals surface area contributed by atoms with Gasteiger partial charge in [-0.1, -0.05) is 31.8 Å². The Morgan fingerprint density at radius 1 is 0.854 bits per heavy atom. The zero-order valence-electron chi connectivity index (χ0n) is 23.2. The number of carbonyl (C=O) groups is 2. The van der Waals surface area contributed by atoms with Gasteiger partial charge < -0.3 is 14.2 Å². The Labute approximate surface area is 240 Å². The van der Waals surface area contributed by atoms with E-state index >= 15 is 0 Å². The molecule has 6 nitrogen and oxygen atoms in total. The van der Waals surface area contributed by atoms with Crippen molar-refractivity contribution in [2.45, 2.75) is 39.5 Å². The van der Waals surface area contributed by atoms with Crippen molar-refractivity contribution >= 4 is 11.9 Å². The molecule has 0 spiro atoms. The average molecular weight is 554 g/mol. The fourth-order valence-corrected chi connectivity index (χ4v) is 3.52. The van der Waals surface area contributed by atoms with Crippen LogP contribution < -0.4 is 9.47 Å². The molecule has 3 aromatic rings. The molecule has 7 heteroatoms. The van der Waals surface area contributed by atoms with Crippen LogP contribution in [0.4, 0.5) is 4.39 Å². The first-order valence-electron chi connectivity index (χ1n) is 13.5. The van der Waals surface area contributed by atoms with Crippen LogP contribution in [0.25, 0.3) is 0 Å². The van der Waals surface area contributed by atoms with E-state index < -0.39 is 11.8 Å². The van der Waals surface area contributed by atoms with Crippen molar-refractivity contribution in [3.63, 3.8) is 0 Å². The molecule has 0 heterocycles. The molecule has 3 aromatic carbocycles. The third-order valence-corrected chi connectivity index (χ3v) is 5.76. The number of unbranched alkanes of at least 4 members (excludes halogenated alkanes) is 3. The zero-order valence-corrected chi connectivity index (χ0v) is 23.2. The van der Waals surface area contributed by atoms with Gasteiger partial charge in [0.2, 0.25) is 0 Å². The van der Waals surface area contributed by atoms with Gasteiger partial charge in [0.15, 0.2) is 11.6 Å². The Balaban J connectivity index is 1.38.